The molecule has 4 rings (SSSR count). The van der Waals surface area contributed by atoms with E-state index in [2.05, 4.69) is 29.3 Å². The van der Waals surface area contributed by atoms with E-state index in [1.165, 1.54) is 0 Å². The Hall–Kier alpha value is -2.95. The topological polar surface area (TPSA) is 59.2 Å². The second-order valence-electron chi connectivity index (χ2n) is 7.71. The molecule has 2 aromatic carbocycles. The first kappa shape index (κ1) is 19.4. The van der Waals surface area contributed by atoms with Crippen LogP contribution in [0, 0.1) is 5.92 Å². The monoisotopic (exact) mass is 389 g/mol. The van der Waals surface area contributed by atoms with Crippen molar-refractivity contribution in [2.75, 3.05) is 13.1 Å². The fourth-order valence-corrected chi connectivity index (χ4v) is 4.10. The molecule has 1 saturated heterocycles. The fraction of sp³-hybridized carbons (Fsp3) is 0.375. The largest absolute Gasteiger partial charge is 0.421 e. The molecule has 0 radical (unpaired) electrons. The van der Waals surface area contributed by atoms with Crippen LogP contribution in [0.5, 0.6) is 0 Å². The lowest BCUT2D eigenvalue weighted by Gasteiger charge is -2.34. The van der Waals surface area contributed by atoms with Crippen LogP contribution in [0.1, 0.15) is 43.6 Å². The van der Waals surface area contributed by atoms with Crippen LogP contribution in [-0.4, -0.2) is 34.1 Å². The highest BCUT2D eigenvalue weighted by Gasteiger charge is 2.29. The number of likely N-dealkylation sites (tertiary alicyclic amines) is 1. The van der Waals surface area contributed by atoms with Crippen LogP contribution in [-0.2, 0) is 11.2 Å². The molecule has 150 valence electrons. The molecule has 1 aromatic heterocycles. The van der Waals surface area contributed by atoms with Gasteiger partial charge in [0, 0.05) is 25.1 Å². The van der Waals surface area contributed by atoms with E-state index in [4.69, 9.17) is 4.42 Å². The third-order valence-corrected chi connectivity index (χ3v) is 5.79. The maximum atomic E-state index is 13.0. The summed E-state index contributed by atoms with van der Waals surface area (Å²) in [4.78, 5) is 15.1. The van der Waals surface area contributed by atoms with Gasteiger partial charge in [0.05, 0.1) is 5.92 Å². The first-order valence-corrected chi connectivity index (χ1v) is 10.5. The Kier molecular flexibility index (Phi) is 6.03. The number of benzene rings is 2. The van der Waals surface area contributed by atoms with Crippen molar-refractivity contribution in [3.8, 4) is 11.5 Å². The molecule has 5 nitrogen and oxygen atoms in total. The van der Waals surface area contributed by atoms with Gasteiger partial charge in [-0.3, -0.25) is 4.79 Å². The highest BCUT2D eigenvalue weighted by Crippen LogP contribution is 2.27. The number of rotatable bonds is 6. The van der Waals surface area contributed by atoms with E-state index in [-0.39, 0.29) is 11.8 Å². The summed E-state index contributed by atoms with van der Waals surface area (Å²) in [6.45, 7) is 3.68. The molecular weight excluding hydrogens is 362 g/mol. The van der Waals surface area contributed by atoms with E-state index in [1.807, 2.05) is 53.4 Å². The summed E-state index contributed by atoms with van der Waals surface area (Å²) in [5.74, 6) is 1.93. The van der Waals surface area contributed by atoms with Crippen LogP contribution < -0.4 is 0 Å². The van der Waals surface area contributed by atoms with Crippen molar-refractivity contribution in [1.29, 1.82) is 0 Å². The van der Waals surface area contributed by atoms with Crippen molar-refractivity contribution in [3.63, 3.8) is 0 Å². The molecule has 3 aromatic rings. The van der Waals surface area contributed by atoms with Crippen LogP contribution in [0.4, 0.5) is 0 Å². The first-order valence-electron chi connectivity index (χ1n) is 10.5. The van der Waals surface area contributed by atoms with Gasteiger partial charge in [0.15, 0.2) is 0 Å². The number of carbonyl (C=O) groups excluding carboxylic acids is 1. The van der Waals surface area contributed by atoms with Crippen molar-refractivity contribution in [1.82, 2.24) is 15.1 Å². The molecule has 0 N–H and O–H groups in total. The Morgan fingerprint density at radius 3 is 2.34 bits per heavy atom. The molecule has 0 saturated carbocycles. The summed E-state index contributed by atoms with van der Waals surface area (Å²) >= 11 is 0. The van der Waals surface area contributed by atoms with E-state index in [9.17, 15) is 4.79 Å². The number of aromatic nitrogens is 2. The predicted molar refractivity (Wildman–Crippen MR) is 112 cm³/mol. The summed E-state index contributed by atoms with van der Waals surface area (Å²) in [5, 5.41) is 8.41. The average Bonchev–Trinajstić information content (AvgIpc) is 3.25. The van der Waals surface area contributed by atoms with Crippen molar-refractivity contribution < 1.29 is 9.21 Å². The summed E-state index contributed by atoms with van der Waals surface area (Å²) < 4.78 is 5.86. The minimum Gasteiger partial charge on any atom is -0.421 e. The normalized spacial score (nSPS) is 16.0. The van der Waals surface area contributed by atoms with Gasteiger partial charge in [0.25, 0.3) is 0 Å². The molecule has 1 fully saturated rings. The molecule has 0 unspecified atom stereocenters. The number of carbonyl (C=O) groups is 1. The van der Waals surface area contributed by atoms with Gasteiger partial charge in [0.2, 0.25) is 17.7 Å². The number of piperidine rings is 1. The third kappa shape index (κ3) is 4.56. The molecule has 2 heterocycles. The zero-order valence-electron chi connectivity index (χ0n) is 16.8. The molecule has 0 aliphatic carbocycles. The van der Waals surface area contributed by atoms with Crippen LogP contribution >= 0.6 is 0 Å². The maximum Gasteiger partial charge on any atom is 0.247 e. The van der Waals surface area contributed by atoms with Gasteiger partial charge in [-0.1, -0.05) is 55.5 Å². The molecule has 1 aliphatic heterocycles. The molecule has 0 bridgehead atoms. The SMILES string of the molecule is CC[C@H](C(=O)N1CCC(Cc2nnc(-c3ccccc3)o2)CC1)c1ccccc1. The smallest absolute Gasteiger partial charge is 0.247 e. The van der Waals surface area contributed by atoms with Crippen LogP contribution in [0.3, 0.4) is 0 Å². The van der Waals surface area contributed by atoms with Crippen LogP contribution in [0.15, 0.2) is 65.1 Å². The Labute approximate surface area is 171 Å². The Bertz CT molecular complexity index is 916. The molecular formula is C24H27N3O2. The highest BCUT2D eigenvalue weighted by molar-refractivity contribution is 5.83. The van der Waals surface area contributed by atoms with Crippen molar-refractivity contribution in [2.45, 2.75) is 38.5 Å². The van der Waals surface area contributed by atoms with Crippen LogP contribution in [0.25, 0.3) is 11.5 Å². The van der Waals surface area contributed by atoms with E-state index in [0.29, 0.717) is 17.7 Å². The lowest BCUT2D eigenvalue weighted by molar-refractivity contribution is -0.134. The average molecular weight is 389 g/mol. The maximum absolute atomic E-state index is 13.0. The molecule has 1 aliphatic rings. The molecule has 29 heavy (non-hydrogen) atoms. The Morgan fingerprint density at radius 2 is 1.69 bits per heavy atom. The summed E-state index contributed by atoms with van der Waals surface area (Å²) in [6, 6.07) is 19.9. The number of hydrogen-bond donors (Lipinski definition) is 0. The van der Waals surface area contributed by atoms with Crippen molar-refractivity contribution >= 4 is 5.91 Å². The summed E-state index contributed by atoms with van der Waals surface area (Å²) in [6.07, 6.45) is 3.55. The lowest BCUT2D eigenvalue weighted by Crippen LogP contribution is -2.41. The minimum atomic E-state index is -0.0443. The highest BCUT2D eigenvalue weighted by atomic mass is 16.4. The second-order valence-corrected chi connectivity index (χ2v) is 7.71. The van der Waals surface area contributed by atoms with Gasteiger partial charge in [-0.2, -0.15) is 0 Å². The standard InChI is InChI=1S/C24H27N3O2/c1-2-21(19-9-5-3-6-10-19)24(28)27-15-13-18(14-16-27)17-22-25-26-23(29-22)20-11-7-4-8-12-20/h3-12,18,21H,2,13-17H2,1H3/t21-/m0/s1. The van der Waals surface area contributed by atoms with Gasteiger partial charge in [-0.25, -0.2) is 0 Å². The van der Waals surface area contributed by atoms with Gasteiger partial charge >= 0.3 is 0 Å². The first-order chi connectivity index (χ1) is 14.2. The van der Waals surface area contributed by atoms with Crippen LogP contribution in [0.2, 0.25) is 0 Å². The zero-order chi connectivity index (χ0) is 20.1. The van der Waals surface area contributed by atoms with Crippen molar-refractivity contribution in [2.24, 2.45) is 5.92 Å². The number of nitrogens with zero attached hydrogens (tertiary/aromatic N) is 3. The molecule has 5 heteroatoms. The molecule has 1 atom stereocenters. The van der Waals surface area contributed by atoms with E-state index in [1.54, 1.807) is 0 Å². The molecule has 0 spiro atoms. The van der Waals surface area contributed by atoms with Gasteiger partial charge in [-0.15, -0.1) is 10.2 Å². The Morgan fingerprint density at radius 1 is 1.03 bits per heavy atom. The summed E-state index contributed by atoms with van der Waals surface area (Å²) in [5.41, 5.74) is 2.06. The quantitative estimate of drug-likeness (QED) is 0.612. The Balaban J connectivity index is 1.33. The number of hydrogen-bond acceptors (Lipinski definition) is 4. The second kappa shape index (κ2) is 9.03. The minimum absolute atomic E-state index is 0.0443. The van der Waals surface area contributed by atoms with E-state index >= 15 is 0 Å². The summed E-state index contributed by atoms with van der Waals surface area (Å²) in [7, 11) is 0. The predicted octanol–water partition coefficient (Wildman–Crippen LogP) is 4.71. The number of amides is 1. The van der Waals surface area contributed by atoms with E-state index in [0.717, 1.165) is 49.9 Å². The van der Waals surface area contributed by atoms with Gasteiger partial charge in [0.1, 0.15) is 0 Å². The zero-order valence-corrected chi connectivity index (χ0v) is 16.8. The van der Waals surface area contributed by atoms with E-state index < -0.39 is 0 Å². The third-order valence-electron chi connectivity index (χ3n) is 5.79. The fourth-order valence-electron chi connectivity index (χ4n) is 4.10. The molecule has 1 amide bonds. The van der Waals surface area contributed by atoms with Gasteiger partial charge in [-0.05, 0) is 42.9 Å². The lowest BCUT2D eigenvalue weighted by atomic mass is 9.90. The van der Waals surface area contributed by atoms with Gasteiger partial charge < -0.3 is 9.32 Å². The van der Waals surface area contributed by atoms with Crippen molar-refractivity contribution in [3.05, 3.63) is 72.1 Å².